The fourth-order valence-corrected chi connectivity index (χ4v) is 4.80. The highest BCUT2D eigenvalue weighted by atomic mass is 16.5. The number of hydrogen-bond donors (Lipinski definition) is 1. The maximum Gasteiger partial charge on any atom is 0.253 e. The van der Waals surface area contributed by atoms with E-state index in [1.165, 1.54) is 0 Å². The second kappa shape index (κ2) is 9.97. The molecule has 0 aliphatic carbocycles. The van der Waals surface area contributed by atoms with Crippen molar-refractivity contribution in [3.05, 3.63) is 81.4 Å². The lowest BCUT2D eigenvalue weighted by Crippen LogP contribution is -2.49. The summed E-state index contributed by atoms with van der Waals surface area (Å²) in [6.45, 7) is 9.27. The van der Waals surface area contributed by atoms with E-state index in [9.17, 15) is 4.79 Å². The Hall–Kier alpha value is -3.56. The van der Waals surface area contributed by atoms with E-state index < -0.39 is 0 Å². The molecule has 1 aliphatic rings. The van der Waals surface area contributed by atoms with Gasteiger partial charge < -0.3 is 14.6 Å². The molecule has 1 fully saturated rings. The number of methoxy groups -OCH3 is 1. The molecule has 0 spiro atoms. The van der Waals surface area contributed by atoms with Gasteiger partial charge in [0.2, 0.25) is 0 Å². The number of benzene rings is 2. The minimum atomic E-state index is -0.350. The van der Waals surface area contributed by atoms with Crippen LogP contribution in [0, 0.1) is 6.92 Å². The van der Waals surface area contributed by atoms with E-state index >= 15 is 0 Å². The number of likely N-dealkylation sites (N-methyl/N-ethyl adjacent to an activating group) is 1. The molecule has 1 N–H and O–H groups in total. The van der Waals surface area contributed by atoms with E-state index in [1.807, 2.05) is 43.3 Å². The molecule has 2 aromatic heterocycles. The maximum absolute atomic E-state index is 13.4. The quantitative estimate of drug-likeness (QED) is 0.441. The van der Waals surface area contributed by atoms with Crippen molar-refractivity contribution in [1.29, 1.82) is 0 Å². The summed E-state index contributed by atoms with van der Waals surface area (Å²) in [5.41, 5.74) is 3.56. The Bertz CT molecular complexity index is 1350. The SMILES string of the molecule is CCN1CCN([C@@H](c2cc3ccc(C)cc3[nH]c2=O)c2nnnn2Cc2ccc(OC)cc2)CC1. The predicted molar refractivity (Wildman–Crippen MR) is 135 cm³/mol. The zero-order chi connectivity index (χ0) is 24.4. The zero-order valence-corrected chi connectivity index (χ0v) is 20.4. The third-order valence-electron chi connectivity index (χ3n) is 6.84. The third kappa shape index (κ3) is 4.82. The number of tetrazole rings is 1. The van der Waals surface area contributed by atoms with Crippen molar-refractivity contribution in [2.45, 2.75) is 26.4 Å². The van der Waals surface area contributed by atoms with Gasteiger partial charge >= 0.3 is 0 Å². The van der Waals surface area contributed by atoms with Gasteiger partial charge in [0.05, 0.1) is 13.7 Å². The first kappa shape index (κ1) is 23.2. The van der Waals surface area contributed by atoms with Crippen LogP contribution >= 0.6 is 0 Å². The summed E-state index contributed by atoms with van der Waals surface area (Å²) in [5, 5.41) is 13.8. The molecule has 5 rings (SSSR count). The van der Waals surface area contributed by atoms with Gasteiger partial charge in [0.15, 0.2) is 5.82 Å². The summed E-state index contributed by atoms with van der Waals surface area (Å²) in [6, 6.07) is 15.6. The van der Waals surface area contributed by atoms with E-state index in [0.29, 0.717) is 17.9 Å². The van der Waals surface area contributed by atoms with Crippen LogP contribution < -0.4 is 10.3 Å². The molecule has 182 valence electrons. The fourth-order valence-electron chi connectivity index (χ4n) is 4.80. The largest absolute Gasteiger partial charge is 0.497 e. The molecule has 3 heterocycles. The lowest BCUT2D eigenvalue weighted by Gasteiger charge is -2.38. The van der Waals surface area contributed by atoms with Crippen molar-refractivity contribution in [3.63, 3.8) is 0 Å². The molecule has 0 radical (unpaired) electrons. The Balaban J connectivity index is 1.56. The molecular weight excluding hydrogens is 442 g/mol. The Morgan fingerprint density at radius 1 is 1.06 bits per heavy atom. The van der Waals surface area contributed by atoms with Crippen LogP contribution in [0.25, 0.3) is 10.9 Å². The fraction of sp³-hybridized carbons (Fsp3) is 0.385. The van der Waals surface area contributed by atoms with Gasteiger partial charge in [0, 0.05) is 37.3 Å². The Labute approximate surface area is 204 Å². The van der Waals surface area contributed by atoms with E-state index in [-0.39, 0.29) is 11.6 Å². The van der Waals surface area contributed by atoms with E-state index in [1.54, 1.807) is 11.8 Å². The third-order valence-corrected chi connectivity index (χ3v) is 6.84. The molecule has 0 unspecified atom stereocenters. The molecule has 4 aromatic rings. The summed E-state index contributed by atoms with van der Waals surface area (Å²) in [7, 11) is 1.65. The van der Waals surface area contributed by atoms with E-state index in [2.05, 4.69) is 49.4 Å². The number of aromatic amines is 1. The molecule has 0 saturated carbocycles. The average Bonchev–Trinajstić information content (AvgIpc) is 3.33. The Morgan fingerprint density at radius 2 is 1.83 bits per heavy atom. The first-order valence-electron chi connectivity index (χ1n) is 12.0. The van der Waals surface area contributed by atoms with Crippen molar-refractivity contribution in [3.8, 4) is 5.75 Å². The molecule has 9 nitrogen and oxygen atoms in total. The van der Waals surface area contributed by atoms with Crippen molar-refractivity contribution >= 4 is 10.9 Å². The van der Waals surface area contributed by atoms with Crippen LogP contribution in [0.4, 0.5) is 0 Å². The number of ether oxygens (including phenoxy) is 1. The van der Waals surface area contributed by atoms with Gasteiger partial charge in [-0.15, -0.1) is 5.10 Å². The Kier molecular flexibility index (Phi) is 6.61. The molecule has 0 bridgehead atoms. The van der Waals surface area contributed by atoms with Crippen molar-refractivity contribution in [2.75, 3.05) is 39.8 Å². The molecule has 1 atom stereocenters. The van der Waals surface area contributed by atoms with Crippen molar-refractivity contribution in [1.82, 2.24) is 35.0 Å². The first-order valence-corrected chi connectivity index (χ1v) is 12.0. The lowest BCUT2D eigenvalue weighted by atomic mass is 10.0. The number of nitrogens with zero attached hydrogens (tertiary/aromatic N) is 6. The first-order chi connectivity index (χ1) is 17.1. The maximum atomic E-state index is 13.4. The number of fused-ring (bicyclic) bond motifs is 1. The second-order valence-electron chi connectivity index (χ2n) is 9.06. The van der Waals surface area contributed by atoms with Gasteiger partial charge in [-0.25, -0.2) is 4.68 Å². The predicted octanol–water partition coefficient (Wildman–Crippen LogP) is 2.61. The minimum Gasteiger partial charge on any atom is -0.497 e. The lowest BCUT2D eigenvalue weighted by molar-refractivity contribution is 0.108. The number of H-pyrrole nitrogens is 1. The van der Waals surface area contributed by atoms with Crippen LogP contribution in [-0.2, 0) is 6.54 Å². The van der Waals surface area contributed by atoms with Crippen LogP contribution in [0.5, 0.6) is 5.75 Å². The number of nitrogens with one attached hydrogen (secondary N) is 1. The van der Waals surface area contributed by atoms with Crippen LogP contribution in [0.1, 0.15) is 35.5 Å². The number of piperazine rings is 1. The topological polar surface area (TPSA) is 92.2 Å². The van der Waals surface area contributed by atoms with Crippen LogP contribution in [0.15, 0.2) is 53.3 Å². The zero-order valence-electron chi connectivity index (χ0n) is 20.4. The summed E-state index contributed by atoms with van der Waals surface area (Å²) in [6.07, 6.45) is 0. The van der Waals surface area contributed by atoms with Crippen molar-refractivity contribution < 1.29 is 4.74 Å². The smallest absolute Gasteiger partial charge is 0.253 e. The molecule has 2 aromatic carbocycles. The molecule has 0 amide bonds. The second-order valence-corrected chi connectivity index (χ2v) is 9.06. The summed E-state index contributed by atoms with van der Waals surface area (Å²) in [4.78, 5) is 21.2. The average molecular weight is 474 g/mol. The molecule has 1 saturated heterocycles. The van der Waals surface area contributed by atoms with Gasteiger partial charge in [-0.2, -0.15) is 0 Å². The molecular formula is C26H31N7O2. The van der Waals surface area contributed by atoms with Crippen LogP contribution in [-0.4, -0.2) is 74.8 Å². The molecule has 9 heteroatoms. The summed E-state index contributed by atoms with van der Waals surface area (Å²) < 4.78 is 7.08. The summed E-state index contributed by atoms with van der Waals surface area (Å²) in [5.74, 6) is 1.47. The standard InChI is InChI=1S/C26H31N7O2/c1-4-31-11-13-32(14-12-31)24(22-16-20-8-5-18(2)15-23(20)27-26(22)34)25-28-29-30-33(25)17-19-6-9-21(35-3)10-7-19/h5-10,15-16,24H,4,11-14,17H2,1-3H3,(H,27,34)/t24-/m0/s1. The highest BCUT2D eigenvalue weighted by Crippen LogP contribution is 2.28. The normalized spacial score (nSPS) is 16.0. The van der Waals surface area contributed by atoms with E-state index in [0.717, 1.165) is 60.5 Å². The van der Waals surface area contributed by atoms with Gasteiger partial charge in [0.1, 0.15) is 11.8 Å². The Morgan fingerprint density at radius 3 is 2.54 bits per heavy atom. The molecule has 1 aliphatic heterocycles. The van der Waals surface area contributed by atoms with E-state index in [4.69, 9.17) is 4.74 Å². The number of aromatic nitrogens is 5. The highest BCUT2D eigenvalue weighted by molar-refractivity contribution is 5.79. The van der Waals surface area contributed by atoms with Gasteiger partial charge in [-0.3, -0.25) is 9.69 Å². The van der Waals surface area contributed by atoms with Crippen molar-refractivity contribution in [2.24, 2.45) is 0 Å². The minimum absolute atomic E-state index is 0.106. The van der Waals surface area contributed by atoms with Gasteiger partial charge in [-0.05, 0) is 64.7 Å². The van der Waals surface area contributed by atoms with Gasteiger partial charge in [-0.1, -0.05) is 31.2 Å². The molecule has 35 heavy (non-hydrogen) atoms. The highest BCUT2D eigenvalue weighted by Gasteiger charge is 2.32. The number of hydrogen-bond acceptors (Lipinski definition) is 7. The van der Waals surface area contributed by atoms with Gasteiger partial charge in [0.25, 0.3) is 5.56 Å². The summed E-state index contributed by atoms with van der Waals surface area (Å²) >= 11 is 0. The number of aryl methyl sites for hydroxylation is 1. The number of rotatable bonds is 7. The van der Waals surface area contributed by atoms with Crippen LogP contribution in [0.2, 0.25) is 0 Å². The van der Waals surface area contributed by atoms with Crippen LogP contribution in [0.3, 0.4) is 0 Å². The number of pyridine rings is 1. The monoisotopic (exact) mass is 473 g/mol.